The highest BCUT2D eigenvalue weighted by Gasteiger charge is 2.15. The van der Waals surface area contributed by atoms with Gasteiger partial charge < -0.3 is 15.2 Å². The first-order valence-electron chi connectivity index (χ1n) is 6.91. The number of carboxylic acids is 1. The van der Waals surface area contributed by atoms with Crippen molar-refractivity contribution >= 4 is 17.6 Å². The van der Waals surface area contributed by atoms with E-state index in [0.29, 0.717) is 5.69 Å². The minimum Gasteiger partial charge on any atom is -0.496 e. The summed E-state index contributed by atoms with van der Waals surface area (Å²) in [5.41, 5.74) is 3.25. The monoisotopic (exact) mass is 318 g/mol. The summed E-state index contributed by atoms with van der Waals surface area (Å²) in [6.07, 6.45) is 1.21. The molecule has 0 spiro atoms. The fourth-order valence-corrected chi connectivity index (χ4v) is 2.25. The molecule has 1 amide bonds. The largest absolute Gasteiger partial charge is 0.496 e. The van der Waals surface area contributed by atoms with Gasteiger partial charge in [-0.1, -0.05) is 5.21 Å². The van der Waals surface area contributed by atoms with E-state index in [-0.39, 0.29) is 18.1 Å². The van der Waals surface area contributed by atoms with Crippen LogP contribution in [-0.4, -0.2) is 39.1 Å². The van der Waals surface area contributed by atoms with Gasteiger partial charge in [0.05, 0.1) is 13.3 Å². The van der Waals surface area contributed by atoms with E-state index in [4.69, 9.17) is 9.84 Å². The Morgan fingerprint density at radius 1 is 1.30 bits per heavy atom. The Morgan fingerprint density at radius 3 is 2.57 bits per heavy atom. The van der Waals surface area contributed by atoms with Crippen molar-refractivity contribution in [3.05, 3.63) is 34.6 Å². The van der Waals surface area contributed by atoms with Gasteiger partial charge in [0, 0.05) is 5.69 Å². The highest BCUT2D eigenvalue weighted by atomic mass is 16.5. The van der Waals surface area contributed by atoms with Gasteiger partial charge in [0.1, 0.15) is 12.3 Å². The first-order chi connectivity index (χ1) is 10.8. The topological polar surface area (TPSA) is 106 Å². The molecule has 8 nitrogen and oxygen atoms in total. The predicted octanol–water partition coefficient (Wildman–Crippen LogP) is 1.55. The number of nitrogens with one attached hydrogen (secondary N) is 1. The zero-order valence-corrected chi connectivity index (χ0v) is 13.4. The molecule has 23 heavy (non-hydrogen) atoms. The van der Waals surface area contributed by atoms with Gasteiger partial charge in [0.25, 0.3) is 0 Å². The summed E-state index contributed by atoms with van der Waals surface area (Å²) >= 11 is 0. The van der Waals surface area contributed by atoms with E-state index < -0.39 is 5.97 Å². The van der Waals surface area contributed by atoms with Gasteiger partial charge in [-0.25, -0.2) is 9.48 Å². The first kappa shape index (κ1) is 16.5. The average Bonchev–Trinajstić information content (AvgIpc) is 2.96. The minimum absolute atomic E-state index is 0.121. The Kier molecular flexibility index (Phi) is 4.63. The molecule has 0 unspecified atom stereocenters. The second kappa shape index (κ2) is 6.47. The number of hydrogen-bond donors (Lipinski definition) is 2. The Balaban J connectivity index is 2.17. The third-order valence-electron chi connectivity index (χ3n) is 3.60. The molecule has 2 aromatic rings. The third-order valence-corrected chi connectivity index (χ3v) is 3.60. The number of hydrogen-bond acceptors (Lipinski definition) is 5. The van der Waals surface area contributed by atoms with Gasteiger partial charge in [0.2, 0.25) is 5.91 Å². The SMILES string of the molecule is COc1cc(C)c(NC(=O)Cn2cc(C(=O)O)nn2)c(C)c1C. The number of methoxy groups -OCH3 is 1. The maximum Gasteiger partial charge on any atom is 0.358 e. The normalized spacial score (nSPS) is 10.4. The van der Waals surface area contributed by atoms with E-state index in [9.17, 15) is 9.59 Å². The summed E-state index contributed by atoms with van der Waals surface area (Å²) in [7, 11) is 1.60. The van der Waals surface area contributed by atoms with Crippen LogP contribution < -0.4 is 10.1 Å². The standard InChI is InChI=1S/C15H18N4O4/c1-8-5-12(23-4)9(2)10(3)14(8)16-13(20)7-19-6-11(15(21)22)17-18-19/h5-6H,7H2,1-4H3,(H,16,20)(H,21,22). The molecule has 8 heteroatoms. The van der Waals surface area contributed by atoms with E-state index in [1.165, 1.54) is 10.9 Å². The number of amides is 1. The van der Waals surface area contributed by atoms with Gasteiger partial charge in [-0.3, -0.25) is 4.79 Å². The molecule has 1 heterocycles. The van der Waals surface area contributed by atoms with E-state index >= 15 is 0 Å². The van der Waals surface area contributed by atoms with E-state index in [1.54, 1.807) is 7.11 Å². The van der Waals surface area contributed by atoms with E-state index in [1.807, 2.05) is 26.8 Å². The molecule has 1 aromatic carbocycles. The lowest BCUT2D eigenvalue weighted by atomic mass is 10.0. The molecule has 0 fully saturated rings. The highest BCUT2D eigenvalue weighted by Crippen LogP contribution is 2.31. The van der Waals surface area contributed by atoms with Gasteiger partial charge in [-0.15, -0.1) is 5.10 Å². The molecule has 0 saturated carbocycles. The summed E-state index contributed by atoms with van der Waals surface area (Å²) in [5, 5.41) is 18.7. The van der Waals surface area contributed by atoms with Crippen LogP contribution in [0.25, 0.3) is 0 Å². The number of rotatable bonds is 5. The number of benzene rings is 1. The second-order valence-electron chi connectivity index (χ2n) is 5.18. The quantitative estimate of drug-likeness (QED) is 0.866. The summed E-state index contributed by atoms with van der Waals surface area (Å²) in [6.45, 7) is 5.57. The number of aromatic carboxylic acids is 1. The fraction of sp³-hybridized carbons (Fsp3) is 0.333. The molecule has 2 rings (SSSR count). The molecule has 2 N–H and O–H groups in total. The zero-order chi connectivity index (χ0) is 17.1. The van der Waals surface area contributed by atoms with Crippen molar-refractivity contribution in [2.75, 3.05) is 12.4 Å². The van der Waals surface area contributed by atoms with Crippen molar-refractivity contribution in [3.8, 4) is 5.75 Å². The summed E-state index contributed by atoms with van der Waals surface area (Å²) in [5.74, 6) is -0.739. The van der Waals surface area contributed by atoms with Crippen molar-refractivity contribution in [1.29, 1.82) is 0 Å². The summed E-state index contributed by atoms with van der Waals surface area (Å²) in [4.78, 5) is 22.9. The zero-order valence-electron chi connectivity index (χ0n) is 13.4. The second-order valence-corrected chi connectivity index (χ2v) is 5.18. The fourth-order valence-electron chi connectivity index (χ4n) is 2.25. The van der Waals surface area contributed by atoms with Crippen molar-refractivity contribution in [1.82, 2.24) is 15.0 Å². The van der Waals surface area contributed by atoms with Crippen LogP contribution >= 0.6 is 0 Å². The lowest BCUT2D eigenvalue weighted by Crippen LogP contribution is -2.20. The van der Waals surface area contributed by atoms with Crippen LogP contribution in [0.3, 0.4) is 0 Å². The number of carboxylic acid groups (broad SMARTS) is 1. The number of ether oxygens (including phenoxy) is 1. The minimum atomic E-state index is -1.19. The van der Waals surface area contributed by atoms with E-state index in [2.05, 4.69) is 15.6 Å². The van der Waals surface area contributed by atoms with Crippen LogP contribution in [0.2, 0.25) is 0 Å². The lowest BCUT2D eigenvalue weighted by Gasteiger charge is -2.16. The van der Waals surface area contributed by atoms with Gasteiger partial charge in [0.15, 0.2) is 5.69 Å². The molecular weight excluding hydrogens is 300 g/mol. The molecule has 122 valence electrons. The molecule has 0 saturated heterocycles. The van der Waals surface area contributed by atoms with Crippen molar-refractivity contribution < 1.29 is 19.4 Å². The van der Waals surface area contributed by atoms with Crippen LogP contribution in [0.4, 0.5) is 5.69 Å². The number of carbonyl (C=O) groups excluding carboxylic acids is 1. The molecule has 0 radical (unpaired) electrons. The number of carbonyl (C=O) groups is 2. The molecule has 0 atom stereocenters. The Hall–Kier alpha value is -2.90. The third kappa shape index (κ3) is 3.47. The van der Waals surface area contributed by atoms with Crippen molar-refractivity contribution in [3.63, 3.8) is 0 Å². The molecule has 0 aliphatic rings. The number of anilines is 1. The predicted molar refractivity (Wildman–Crippen MR) is 82.8 cm³/mol. The van der Waals surface area contributed by atoms with Gasteiger partial charge in [-0.05, 0) is 43.5 Å². The first-order valence-corrected chi connectivity index (χ1v) is 6.91. The molecule has 0 aliphatic carbocycles. The van der Waals surface area contributed by atoms with Gasteiger partial charge in [-0.2, -0.15) is 0 Å². The van der Waals surface area contributed by atoms with Crippen LogP contribution in [0.1, 0.15) is 27.2 Å². The van der Waals surface area contributed by atoms with Crippen LogP contribution in [0.15, 0.2) is 12.3 Å². The van der Waals surface area contributed by atoms with Crippen LogP contribution in [0.5, 0.6) is 5.75 Å². The summed E-state index contributed by atoms with van der Waals surface area (Å²) < 4.78 is 6.48. The molecule has 0 bridgehead atoms. The average molecular weight is 318 g/mol. The maximum absolute atomic E-state index is 12.2. The Labute approximate surface area is 133 Å². The summed E-state index contributed by atoms with van der Waals surface area (Å²) in [6, 6.07) is 1.86. The lowest BCUT2D eigenvalue weighted by molar-refractivity contribution is -0.116. The maximum atomic E-state index is 12.2. The van der Waals surface area contributed by atoms with Crippen LogP contribution in [-0.2, 0) is 11.3 Å². The molecular formula is C15H18N4O4. The Bertz CT molecular complexity index is 767. The van der Waals surface area contributed by atoms with Gasteiger partial charge >= 0.3 is 5.97 Å². The molecule has 0 aliphatic heterocycles. The Morgan fingerprint density at radius 2 is 2.00 bits per heavy atom. The van der Waals surface area contributed by atoms with Crippen molar-refractivity contribution in [2.45, 2.75) is 27.3 Å². The number of aromatic nitrogens is 3. The molecule has 1 aromatic heterocycles. The number of aryl methyl sites for hydroxylation is 1. The number of nitrogens with zero attached hydrogens (tertiary/aromatic N) is 3. The van der Waals surface area contributed by atoms with Crippen LogP contribution in [0, 0.1) is 20.8 Å². The van der Waals surface area contributed by atoms with E-state index in [0.717, 1.165) is 22.4 Å². The smallest absolute Gasteiger partial charge is 0.358 e. The highest BCUT2D eigenvalue weighted by molar-refractivity contribution is 5.92. The van der Waals surface area contributed by atoms with Crippen molar-refractivity contribution in [2.24, 2.45) is 0 Å².